The van der Waals surface area contributed by atoms with E-state index in [1.807, 2.05) is 11.8 Å². The minimum atomic E-state index is 0.534. The van der Waals surface area contributed by atoms with Crippen LogP contribution >= 0.6 is 24.0 Å². The number of hydrogen-bond acceptors (Lipinski definition) is 3. The molecule has 1 saturated carbocycles. The Balaban J connectivity index is 1.93. The maximum Gasteiger partial charge on any atom is 0.138 e. The predicted octanol–water partition coefficient (Wildman–Crippen LogP) is 3.28. The largest absolute Gasteiger partial charge is 0.342 e. The van der Waals surface area contributed by atoms with Gasteiger partial charge in [0.2, 0.25) is 0 Å². The molecule has 0 radical (unpaired) electrons. The van der Waals surface area contributed by atoms with Crippen molar-refractivity contribution in [3.63, 3.8) is 0 Å². The monoisotopic (exact) mass is 258 g/mol. The average molecular weight is 258 g/mol. The van der Waals surface area contributed by atoms with Crippen molar-refractivity contribution >= 4 is 28.3 Å². The van der Waals surface area contributed by atoms with Gasteiger partial charge in [0.25, 0.3) is 0 Å². The van der Waals surface area contributed by atoms with Gasteiger partial charge in [-0.25, -0.2) is 0 Å². The Bertz CT molecular complexity index is 249. The number of hydrogen-bond donors (Lipinski definition) is 0. The highest BCUT2D eigenvalue weighted by molar-refractivity contribution is 8.22. The topological polar surface area (TPSA) is 6.48 Å². The third-order valence-electron chi connectivity index (χ3n) is 3.64. The summed E-state index contributed by atoms with van der Waals surface area (Å²) in [6, 6.07) is 1.34. The van der Waals surface area contributed by atoms with Crippen LogP contribution in [0.3, 0.4) is 0 Å². The highest BCUT2D eigenvalue weighted by atomic mass is 32.2. The van der Waals surface area contributed by atoms with Gasteiger partial charge in [0, 0.05) is 12.1 Å². The molecule has 0 aromatic carbocycles. The molecule has 1 aliphatic heterocycles. The van der Waals surface area contributed by atoms with E-state index in [9.17, 15) is 0 Å². The third-order valence-corrected chi connectivity index (χ3v) is 5.17. The number of rotatable bonds is 2. The smallest absolute Gasteiger partial charge is 0.138 e. The van der Waals surface area contributed by atoms with Crippen molar-refractivity contribution in [1.82, 2.24) is 9.80 Å². The first kappa shape index (κ1) is 12.7. The Morgan fingerprint density at radius 1 is 1.25 bits per heavy atom. The zero-order valence-electron chi connectivity index (χ0n) is 10.3. The summed E-state index contributed by atoms with van der Waals surface area (Å²) in [7, 11) is 0. The van der Waals surface area contributed by atoms with E-state index >= 15 is 0 Å². The number of thiocarbonyl (C=S) groups is 1. The maximum absolute atomic E-state index is 5.42. The molecule has 92 valence electrons. The van der Waals surface area contributed by atoms with E-state index in [1.165, 1.54) is 32.1 Å². The van der Waals surface area contributed by atoms with Crippen molar-refractivity contribution in [1.29, 1.82) is 0 Å². The second kappa shape index (κ2) is 5.69. The molecular weight excluding hydrogens is 236 g/mol. The van der Waals surface area contributed by atoms with E-state index in [4.69, 9.17) is 12.2 Å². The van der Waals surface area contributed by atoms with Crippen LogP contribution in [0, 0.1) is 0 Å². The second-order valence-corrected chi connectivity index (χ2v) is 6.70. The molecule has 16 heavy (non-hydrogen) atoms. The van der Waals surface area contributed by atoms with Crippen LogP contribution in [-0.4, -0.2) is 38.7 Å². The van der Waals surface area contributed by atoms with E-state index in [0.717, 1.165) is 22.9 Å². The predicted molar refractivity (Wildman–Crippen MR) is 75.6 cm³/mol. The third kappa shape index (κ3) is 2.90. The van der Waals surface area contributed by atoms with Gasteiger partial charge in [-0.3, -0.25) is 4.90 Å². The summed E-state index contributed by atoms with van der Waals surface area (Å²) < 4.78 is 1.09. The Hall–Kier alpha value is 0.200. The summed E-state index contributed by atoms with van der Waals surface area (Å²) in [5.74, 6) is 1.10. The molecule has 2 fully saturated rings. The van der Waals surface area contributed by atoms with Crippen molar-refractivity contribution in [3.05, 3.63) is 0 Å². The first-order valence-corrected chi connectivity index (χ1v) is 7.75. The standard InChI is InChI=1S/C12H22N2S2/c1-10(2)14-8-13(9-16-12(14)15)11-6-4-3-5-7-11/h10-11H,3-9H2,1-2H3. The zero-order valence-corrected chi connectivity index (χ0v) is 11.9. The second-order valence-electron chi connectivity index (χ2n) is 5.12. The number of nitrogens with zero attached hydrogens (tertiary/aromatic N) is 2. The van der Waals surface area contributed by atoms with Crippen LogP contribution in [0.15, 0.2) is 0 Å². The molecule has 0 N–H and O–H groups in total. The first-order valence-electron chi connectivity index (χ1n) is 6.36. The van der Waals surface area contributed by atoms with Gasteiger partial charge in [-0.1, -0.05) is 43.2 Å². The highest BCUT2D eigenvalue weighted by Gasteiger charge is 2.29. The van der Waals surface area contributed by atoms with Gasteiger partial charge in [-0.15, -0.1) is 0 Å². The highest BCUT2D eigenvalue weighted by Crippen LogP contribution is 2.28. The normalized spacial score (nSPS) is 25.4. The fourth-order valence-electron chi connectivity index (χ4n) is 2.56. The Morgan fingerprint density at radius 3 is 2.56 bits per heavy atom. The minimum Gasteiger partial charge on any atom is -0.342 e. The van der Waals surface area contributed by atoms with Gasteiger partial charge in [0.15, 0.2) is 0 Å². The molecule has 0 bridgehead atoms. The van der Waals surface area contributed by atoms with Gasteiger partial charge in [0.05, 0.1) is 12.5 Å². The SMILES string of the molecule is CC(C)N1CN(C2CCCCC2)CSC1=S. The quantitative estimate of drug-likeness (QED) is 0.701. The Labute approximate surface area is 109 Å². The Morgan fingerprint density at radius 2 is 1.94 bits per heavy atom. The first-order chi connectivity index (χ1) is 7.68. The Kier molecular flexibility index (Phi) is 4.50. The molecular formula is C12H22N2S2. The summed E-state index contributed by atoms with van der Waals surface area (Å²) in [6.07, 6.45) is 7.04. The molecule has 2 nitrogen and oxygen atoms in total. The summed E-state index contributed by atoms with van der Waals surface area (Å²) in [6.45, 7) is 5.52. The number of thioether (sulfide) groups is 1. The van der Waals surface area contributed by atoms with Crippen LogP contribution in [0.25, 0.3) is 0 Å². The minimum absolute atomic E-state index is 0.534. The molecule has 0 spiro atoms. The molecule has 2 rings (SSSR count). The van der Waals surface area contributed by atoms with E-state index < -0.39 is 0 Å². The summed E-state index contributed by atoms with van der Waals surface area (Å²) in [5, 5.41) is 0. The van der Waals surface area contributed by atoms with Crippen molar-refractivity contribution in [2.24, 2.45) is 0 Å². The van der Waals surface area contributed by atoms with Crippen LogP contribution in [0.1, 0.15) is 46.0 Å². The lowest BCUT2D eigenvalue weighted by molar-refractivity contribution is 0.115. The van der Waals surface area contributed by atoms with Gasteiger partial charge in [-0.2, -0.15) is 0 Å². The van der Waals surface area contributed by atoms with Gasteiger partial charge >= 0.3 is 0 Å². The fraction of sp³-hybridized carbons (Fsp3) is 0.917. The van der Waals surface area contributed by atoms with Crippen LogP contribution < -0.4 is 0 Å². The van der Waals surface area contributed by atoms with Crippen molar-refractivity contribution in [3.8, 4) is 0 Å². The van der Waals surface area contributed by atoms with Crippen LogP contribution in [0.5, 0.6) is 0 Å². The lowest BCUT2D eigenvalue weighted by atomic mass is 9.95. The molecule has 2 aliphatic rings. The average Bonchev–Trinajstić information content (AvgIpc) is 2.30. The molecule has 0 atom stereocenters. The van der Waals surface area contributed by atoms with E-state index in [1.54, 1.807) is 0 Å². The molecule has 4 heteroatoms. The molecule has 1 saturated heterocycles. The van der Waals surface area contributed by atoms with E-state index in [-0.39, 0.29) is 0 Å². The molecule has 0 aromatic heterocycles. The van der Waals surface area contributed by atoms with Gasteiger partial charge in [-0.05, 0) is 26.7 Å². The lowest BCUT2D eigenvalue weighted by Gasteiger charge is -2.43. The zero-order chi connectivity index (χ0) is 11.5. The van der Waals surface area contributed by atoms with E-state index in [0.29, 0.717) is 6.04 Å². The molecule has 1 heterocycles. The summed E-state index contributed by atoms with van der Waals surface area (Å²) in [5.41, 5.74) is 0. The van der Waals surface area contributed by atoms with Crippen molar-refractivity contribution in [2.75, 3.05) is 12.5 Å². The summed E-state index contributed by atoms with van der Waals surface area (Å²) >= 11 is 7.26. The van der Waals surface area contributed by atoms with Gasteiger partial charge in [0.1, 0.15) is 4.32 Å². The van der Waals surface area contributed by atoms with Crippen molar-refractivity contribution in [2.45, 2.75) is 58.0 Å². The van der Waals surface area contributed by atoms with Crippen LogP contribution in [-0.2, 0) is 0 Å². The molecule has 0 amide bonds. The maximum atomic E-state index is 5.42. The van der Waals surface area contributed by atoms with Crippen LogP contribution in [0.2, 0.25) is 0 Å². The summed E-state index contributed by atoms with van der Waals surface area (Å²) in [4.78, 5) is 4.98. The molecule has 0 aromatic rings. The van der Waals surface area contributed by atoms with Crippen molar-refractivity contribution < 1.29 is 0 Å². The lowest BCUT2D eigenvalue weighted by Crippen LogP contribution is -2.51. The van der Waals surface area contributed by atoms with E-state index in [2.05, 4.69) is 23.6 Å². The van der Waals surface area contributed by atoms with Gasteiger partial charge < -0.3 is 4.90 Å². The van der Waals surface area contributed by atoms with Crippen LogP contribution in [0.4, 0.5) is 0 Å². The molecule has 1 aliphatic carbocycles. The molecule has 0 unspecified atom stereocenters. The fourth-order valence-corrected chi connectivity index (χ4v) is 3.99.